The molecule has 0 bridgehead atoms. The molecule has 2 amide bonds. The number of halogens is 1. The van der Waals surface area contributed by atoms with Crippen LogP contribution in [-0.4, -0.2) is 93.4 Å². The zero-order valence-electron chi connectivity index (χ0n) is 27.5. The van der Waals surface area contributed by atoms with Crippen LogP contribution in [0.3, 0.4) is 0 Å². The monoisotopic (exact) mass is 681 g/mol. The van der Waals surface area contributed by atoms with Gasteiger partial charge in [0.25, 0.3) is 0 Å². The van der Waals surface area contributed by atoms with E-state index in [1.165, 1.54) is 6.07 Å². The molecule has 2 saturated carbocycles. The van der Waals surface area contributed by atoms with Gasteiger partial charge in [0.1, 0.15) is 11.9 Å². The number of piperidine rings is 1. The highest BCUT2D eigenvalue weighted by molar-refractivity contribution is 7.92. The minimum absolute atomic E-state index is 0.0664. The van der Waals surface area contributed by atoms with Crippen molar-refractivity contribution in [2.45, 2.75) is 79.1 Å². The molecular weight excluding hydrogens is 633 g/mol. The van der Waals surface area contributed by atoms with E-state index in [-0.39, 0.29) is 41.0 Å². The van der Waals surface area contributed by atoms with Crippen LogP contribution in [0, 0.1) is 23.6 Å². The van der Waals surface area contributed by atoms with E-state index in [0.29, 0.717) is 30.2 Å². The SMILES string of the molecule is NC(=O)O[C@H]1CCC[C@@H]1[C@](CN1CC[C@@H]1C(N)=O)(c1cccc(F)c1)C1CCN(CC2CN(c3ccc(S(=O)(=O)C4CC4)cc3)C2)CC1. The Balaban J connectivity index is 1.05. The summed E-state index contributed by atoms with van der Waals surface area (Å²) in [5, 5.41) is -0.203. The fourth-order valence-electron chi connectivity index (χ4n) is 9.27. The standard InChI is InChI=1S/C36H48FN5O5S/c37-27-4-1-3-26(19-27)36(23-41-18-15-32(41)34(38)43,31-5-2-6-33(31)47-35(39)44)25-13-16-40(17-14-25)20-24-21-42(22-24)28-7-9-29(10-8-28)48(45,46)30-11-12-30/h1,3-4,7-10,19,24-25,30-33H,2,5-6,11-18,20-23H2,(H2,38,43)(H2,39,44)/t31-,32+,33-,36-/m0/s1. The van der Waals surface area contributed by atoms with Gasteiger partial charge in [0, 0.05) is 55.7 Å². The molecule has 2 aliphatic carbocycles. The quantitative estimate of drug-likeness (QED) is 0.346. The maximum absolute atomic E-state index is 15.0. The summed E-state index contributed by atoms with van der Waals surface area (Å²) >= 11 is 0. The van der Waals surface area contributed by atoms with Crippen LogP contribution in [0.15, 0.2) is 53.4 Å². The van der Waals surface area contributed by atoms with Gasteiger partial charge in [-0.2, -0.15) is 0 Å². The Morgan fingerprint density at radius 3 is 2.25 bits per heavy atom. The number of rotatable bonds is 12. The van der Waals surface area contributed by atoms with E-state index in [2.05, 4.69) is 14.7 Å². The molecule has 2 aromatic rings. The summed E-state index contributed by atoms with van der Waals surface area (Å²) in [6.07, 6.45) is 5.30. The average molecular weight is 682 g/mol. The minimum Gasteiger partial charge on any atom is -0.446 e. The van der Waals surface area contributed by atoms with Crippen molar-refractivity contribution >= 4 is 27.5 Å². The molecule has 5 fully saturated rings. The molecule has 0 aromatic heterocycles. The first kappa shape index (κ1) is 33.3. The van der Waals surface area contributed by atoms with E-state index in [4.69, 9.17) is 16.2 Å². The second kappa shape index (κ2) is 13.2. The first-order valence-electron chi connectivity index (χ1n) is 17.6. The summed E-state index contributed by atoms with van der Waals surface area (Å²) in [7, 11) is -3.18. The van der Waals surface area contributed by atoms with E-state index in [0.717, 1.165) is 89.0 Å². The molecule has 3 heterocycles. The van der Waals surface area contributed by atoms with Gasteiger partial charge >= 0.3 is 6.09 Å². The van der Waals surface area contributed by atoms with Crippen LogP contribution >= 0.6 is 0 Å². The average Bonchev–Trinajstić information content (AvgIpc) is 3.79. The number of nitrogens with zero attached hydrogens (tertiary/aromatic N) is 3. The number of hydrogen-bond donors (Lipinski definition) is 2. The highest BCUT2D eigenvalue weighted by Crippen LogP contribution is 2.52. The predicted octanol–water partition coefficient (Wildman–Crippen LogP) is 3.67. The number of primary amides is 2. The number of benzene rings is 2. The summed E-state index contributed by atoms with van der Waals surface area (Å²) in [6.45, 7) is 5.94. The van der Waals surface area contributed by atoms with Gasteiger partial charge in [-0.1, -0.05) is 12.1 Å². The summed E-state index contributed by atoms with van der Waals surface area (Å²) in [5.74, 6) is -0.0128. The second-order valence-electron chi connectivity index (χ2n) is 14.8. The van der Waals surface area contributed by atoms with Gasteiger partial charge in [0.15, 0.2) is 9.84 Å². The van der Waals surface area contributed by atoms with E-state index in [1.54, 1.807) is 24.3 Å². The smallest absolute Gasteiger partial charge is 0.404 e. The third-order valence-electron chi connectivity index (χ3n) is 12.0. The Kier molecular flexibility index (Phi) is 9.18. The van der Waals surface area contributed by atoms with Crippen molar-refractivity contribution in [3.8, 4) is 0 Å². The third-order valence-corrected chi connectivity index (χ3v) is 14.2. The molecule has 4 atom stereocenters. The van der Waals surface area contributed by atoms with Crippen molar-refractivity contribution in [3.63, 3.8) is 0 Å². The molecule has 0 unspecified atom stereocenters. The number of sulfone groups is 1. The zero-order chi connectivity index (χ0) is 33.6. The fourth-order valence-corrected chi connectivity index (χ4v) is 10.9. The number of anilines is 1. The summed E-state index contributed by atoms with van der Waals surface area (Å²) < 4.78 is 45.9. The first-order valence-corrected chi connectivity index (χ1v) is 19.2. The number of likely N-dealkylation sites (tertiary alicyclic amines) is 2. The normalized spacial score (nSPS) is 27.2. The Hall–Kier alpha value is -3.22. The number of carbonyl (C=O) groups excluding carboxylic acids is 2. The topological polar surface area (TPSA) is 139 Å². The largest absolute Gasteiger partial charge is 0.446 e. The van der Waals surface area contributed by atoms with Crippen LogP contribution < -0.4 is 16.4 Å². The molecule has 0 radical (unpaired) electrons. The maximum Gasteiger partial charge on any atom is 0.404 e. The van der Waals surface area contributed by atoms with Crippen molar-refractivity contribution in [2.24, 2.45) is 29.2 Å². The number of amides is 2. The van der Waals surface area contributed by atoms with E-state index < -0.39 is 21.3 Å². The molecule has 3 saturated heterocycles. The van der Waals surface area contributed by atoms with Crippen molar-refractivity contribution in [2.75, 3.05) is 50.7 Å². The molecule has 0 spiro atoms. The van der Waals surface area contributed by atoms with Crippen molar-refractivity contribution in [1.82, 2.24) is 9.80 Å². The van der Waals surface area contributed by atoms with Gasteiger partial charge in [0.05, 0.1) is 16.2 Å². The van der Waals surface area contributed by atoms with Gasteiger partial charge in [-0.3, -0.25) is 9.69 Å². The van der Waals surface area contributed by atoms with Gasteiger partial charge in [0.2, 0.25) is 5.91 Å². The van der Waals surface area contributed by atoms with Gasteiger partial charge in [-0.05, 0) is 112 Å². The second-order valence-corrected chi connectivity index (χ2v) is 17.1. The highest BCUT2D eigenvalue weighted by Gasteiger charge is 2.55. The molecule has 48 heavy (non-hydrogen) atoms. The van der Waals surface area contributed by atoms with E-state index in [1.807, 2.05) is 18.2 Å². The van der Waals surface area contributed by atoms with E-state index in [9.17, 15) is 22.4 Å². The lowest BCUT2D eigenvalue weighted by Crippen LogP contribution is -2.63. The number of hydrogen-bond acceptors (Lipinski definition) is 8. The molecule has 260 valence electrons. The van der Waals surface area contributed by atoms with Gasteiger partial charge in [-0.25, -0.2) is 17.6 Å². The molecular formula is C36H48FN5O5S. The first-order chi connectivity index (χ1) is 23.0. The van der Waals surface area contributed by atoms with Crippen LogP contribution in [-0.2, 0) is 24.8 Å². The van der Waals surface area contributed by atoms with E-state index >= 15 is 0 Å². The van der Waals surface area contributed by atoms with Crippen LogP contribution in [0.25, 0.3) is 0 Å². The number of carbonyl (C=O) groups is 2. The Morgan fingerprint density at radius 2 is 1.65 bits per heavy atom. The maximum atomic E-state index is 15.0. The zero-order valence-corrected chi connectivity index (χ0v) is 28.3. The minimum atomic E-state index is -3.18. The van der Waals surface area contributed by atoms with Crippen LogP contribution in [0.5, 0.6) is 0 Å². The highest BCUT2D eigenvalue weighted by atomic mass is 32.2. The molecule has 2 aromatic carbocycles. The van der Waals surface area contributed by atoms with Gasteiger partial charge in [-0.15, -0.1) is 0 Å². The van der Waals surface area contributed by atoms with Crippen LogP contribution in [0.1, 0.15) is 56.9 Å². The predicted molar refractivity (Wildman–Crippen MR) is 181 cm³/mol. The lowest BCUT2D eigenvalue weighted by Gasteiger charge is -2.55. The molecule has 10 nitrogen and oxygen atoms in total. The van der Waals surface area contributed by atoms with Crippen LogP contribution in [0.2, 0.25) is 0 Å². The summed E-state index contributed by atoms with van der Waals surface area (Å²) in [5.41, 5.74) is 12.8. The Morgan fingerprint density at radius 1 is 0.917 bits per heavy atom. The molecule has 5 aliphatic rings. The Bertz CT molecular complexity index is 1610. The third kappa shape index (κ3) is 6.43. The molecule has 4 N–H and O–H groups in total. The van der Waals surface area contributed by atoms with Gasteiger partial charge < -0.3 is 26.0 Å². The van der Waals surface area contributed by atoms with Crippen molar-refractivity contribution < 1.29 is 27.1 Å². The summed E-state index contributed by atoms with van der Waals surface area (Å²) in [6, 6.07) is 13.9. The molecule has 3 aliphatic heterocycles. The number of nitrogens with two attached hydrogens (primary N) is 2. The van der Waals surface area contributed by atoms with Crippen molar-refractivity contribution in [3.05, 3.63) is 59.9 Å². The summed E-state index contributed by atoms with van der Waals surface area (Å²) in [4.78, 5) is 31.8. The van der Waals surface area contributed by atoms with Crippen LogP contribution in [0.4, 0.5) is 14.9 Å². The number of ether oxygens (including phenoxy) is 1. The Labute approximate surface area is 282 Å². The lowest BCUT2D eigenvalue weighted by molar-refractivity contribution is -0.129. The lowest BCUT2D eigenvalue weighted by atomic mass is 9.58. The molecule has 7 rings (SSSR count). The molecule has 12 heteroatoms. The fraction of sp³-hybridized carbons (Fsp3) is 0.611. The van der Waals surface area contributed by atoms with Crippen molar-refractivity contribution in [1.29, 1.82) is 0 Å².